The highest BCUT2D eigenvalue weighted by Crippen LogP contribution is 2.43. The number of hydrogen-bond donors (Lipinski definition) is 2. The van der Waals surface area contributed by atoms with Crippen molar-refractivity contribution in [2.24, 2.45) is 0 Å². The summed E-state index contributed by atoms with van der Waals surface area (Å²) in [5.41, 5.74) is 5.75. The van der Waals surface area contributed by atoms with Crippen LogP contribution in [-0.4, -0.2) is 39.6 Å². The Hall–Kier alpha value is -2.96. The molecule has 0 bridgehead atoms. The summed E-state index contributed by atoms with van der Waals surface area (Å²) in [5.74, 6) is 3.08. The van der Waals surface area contributed by atoms with Crippen LogP contribution in [0.4, 0.5) is 5.69 Å². The molecule has 0 aliphatic rings. The topological polar surface area (TPSA) is 92.4 Å². The number of phenolic OH excluding ortho intramolecular Hbond substituents is 1. The van der Waals surface area contributed by atoms with Crippen LogP contribution in [0.3, 0.4) is 0 Å². The maximum atomic E-state index is 9.12. The molecule has 0 fully saturated rings. The van der Waals surface area contributed by atoms with Gasteiger partial charge < -0.3 is 34.5 Å². The van der Waals surface area contributed by atoms with Gasteiger partial charge in [0.1, 0.15) is 11.5 Å². The summed E-state index contributed by atoms with van der Waals surface area (Å²) in [5, 5.41) is 9.12. The third-order valence-electron chi connectivity index (χ3n) is 3.28. The van der Waals surface area contributed by atoms with Gasteiger partial charge in [0.2, 0.25) is 11.5 Å². The summed E-state index contributed by atoms with van der Waals surface area (Å²) in [4.78, 5) is 0. The average molecular weight is 365 g/mol. The van der Waals surface area contributed by atoms with Crippen molar-refractivity contribution in [2.75, 3.05) is 40.3 Å². The molecule has 0 unspecified atom stereocenters. The number of benzene rings is 2. The molecule has 0 radical (unpaired) electrons. The van der Waals surface area contributed by atoms with Crippen molar-refractivity contribution in [2.45, 2.75) is 13.8 Å². The molecule has 0 amide bonds. The molecule has 0 spiro atoms. The van der Waals surface area contributed by atoms with Crippen LogP contribution in [0.2, 0.25) is 0 Å². The Bertz CT molecular complexity index is 690. The van der Waals surface area contributed by atoms with E-state index in [0.29, 0.717) is 47.6 Å². The molecule has 2 rings (SSSR count). The zero-order chi connectivity index (χ0) is 19.5. The number of phenols is 1. The van der Waals surface area contributed by atoms with E-state index in [9.17, 15) is 0 Å². The number of nitrogen functional groups attached to an aromatic ring is 1. The molecular formula is C19H27NO6. The molecule has 3 N–H and O–H groups in total. The fourth-order valence-electron chi connectivity index (χ4n) is 2.12. The third-order valence-corrected chi connectivity index (χ3v) is 3.28. The van der Waals surface area contributed by atoms with Crippen molar-refractivity contribution in [3.05, 3.63) is 30.3 Å². The lowest BCUT2D eigenvalue weighted by Crippen LogP contribution is -1.99. The van der Waals surface area contributed by atoms with Crippen LogP contribution in [0, 0.1) is 0 Å². The zero-order valence-corrected chi connectivity index (χ0v) is 15.9. The maximum Gasteiger partial charge on any atom is 0.207 e. The minimum Gasteiger partial charge on any atom is -0.506 e. The van der Waals surface area contributed by atoms with E-state index in [0.717, 1.165) is 0 Å². The first-order valence-electron chi connectivity index (χ1n) is 8.15. The van der Waals surface area contributed by atoms with Crippen molar-refractivity contribution < 1.29 is 28.8 Å². The van der Waals surface area contributed by atoms with Crippen LogP contribution in [-0.2, 0) is 0 Å². The highest BCUT2D eigenvalue weighted by Gasteiger charge is 2.16. The van der Waals surface area contributed by atoms with E-state index >= 15 is 0 Å². The molecule has 0 atom stereocenters. The first-order chi connectivity index (χ1) is 12.5. The number of methoxy groups -OCH3 is 3. The van der Waals surface area contributed by atoms with Gasteiger partial charge in [0, 0.05) is 6.07 Å². The molecule has 2 aromatic carbocycles. The van der Waals surface area contributed by atoms with Gasteiger partial charge in [0.15, 0.2) is 11.5 Å². The van der Waals surface area contributed by atoms with E-state index in [2.05, 4.69) is 0 Å². The minimum absolute atomic E-state index is 0.0657. The van der Waals surface area contributed by atoms with Gasteiger partial charge in [-0.3, -0.25) is 0 Å². The normalized spacial score (nSPS) is 9.58. The standard InChI is InChI=1S/C11H16O4.C8H11NO2/c1-5-15-9-7-6-8(12-2)10(13-3)11(9)14-4;1-2-11-6-3-4-7(9)8(10)5-6/h6-7H,5H2,1-4H3;3-5,10H,2,9H2,1H3. The molecule has 26 heavy (non-hydrogen) atoms. The van der Waals surface area contributed by atoms with Crippen molar-refractivity contribution in [1.29, 1.82) is 0 Å². The summed E-state index contributed by atoms with van der Waals surface area (Å²) in [6, 6.07) is 8.41. The van der Waals surface area contributed by atoms with E-state index < -0.39 is 0 Å². The Kier molecular flexibility index (Phi) is 8.77. The second-order valence-electron chi connectivity index (χ2n) is 4.92. The summed E-state index contributed by atoms with van der Waals surface area (Å²) in [6.45, 7) is 4.96. The monoisotopic (exact) mass is 365 g/mol. The second-order valence-corrected chi connectivity index (χ2v) is 4.92. The fraction of sp³-hybridized carbons (Fsp3) is 0.368. The van der Waals surface area contributed by atoms with Crippen LogP contribution in [0.25, 0.3) is 0 Å². The molecule has 0 aromatic heterocycles. The van der Waals surface area contributed by atoms with E-state index in [4.69, 9.17) is 34.5 Å². The highest BCUT2D eigenvalue weighted by atomic mass is 16.5. The fourth-order valence-corrected chi connectivity index (χ4v) is 2.12. The van der Waals surface area contributed by atoms with Crippen molar-refractivity contribution >= 4 is 5.69 Å². The van der Waals surface area contributed by atoms with Crippen molar-refractivity contribution in [3.8, 4) is 34.5 Å². The van der Waals surface area contributed by atoms with E-state index in [-0.39, 0.29) is 5.75 Å². The van der Waals surface area contributed by atoms with Crippen LogP contribution >= 0.6 is 0 Å². The van der Waals surface area contributed by atoms with Gasteiger partial charge >= 0.3 is 0 Å². The van der Waals surface area contributed by atoms with Crippen LogP contribution < -0.4 is 29.4 Å². The molecule has 7 heteroatoms. The quantitative estimate of drug-likeness (QED) is 0.573. The van der Waals surface area contributed by atoms with Crippen LogP contribution in [0.15, 0.2) is 30.3 Å². The largest absolute Gasteiger partial charge is 0.506 e. The first-order valence-corrected chi connectivity index (χ1v) is 8.15. The zero-order valence-electron chi connectivity index (χ0n) is 15.9. The lowest BCUT2D eigenvalue weighted by molar-refractivity contribution is 0.287. The summed E-state index contributed by atoms with van der Waals surface area (Å²) < 4.78 is 26.1. The predicted octanol–water partition coefficient (Wildman–Crippen LogP) is 3.48. The Morgan fingerprint density at radius 3 is 1.88 bits per heavy atom. The summed E-state index contributed by atoms with van der Waals surface area (Å²) in [7, 11) is 4.72. The van der Waals surface area contributed by atoms with Crippen molar-refractivity contribution in [1.82, 2.24) is 0 Å². The lowest BCUT2D eigenvalue weighted by atomic mass is 10.2. The molecule has 7 nitrogen and oxygen atoms in total. The summed E-state index contributed by atoms with van der Waals surface area (Å²) in [6.07, 6.45) is 0. The highest BCUT2D eigenvalue weighted by molar-refractivity contribution is 5.59. The van der Waals surface area contributed by atoms with Crippen molar-refractivity contribution in [3.63, 3.8) is 0 Å². The Morgan fingerprint density at radius 1 is 0.808 bits per heavy atom. The van der Waals surface area contributed by atoms with Crippen LogP contribution in [0.5, 0.6) is 34.5 Å². The Labute approximate surface area is 154 Å². The molecule has 0 heterocycles. The third kappa shape index (κ3) is 5.54. The Balaban J connectivity index is 0.000000273. The number of anilines is 1. The SMILES string of the molecule is CCOc1ccc(N)c(O)c1.CCOc1ccc(OC)c(OC)c1OC. The molecule has 0 saturated carbocycles. The lowest BCUT2D eigenvalue weighted by Gasteiger charge is -2.15. The number of aromatic hydroxyl groups is 1. The second kappa shape index (κ2) is 10.8. The maximum absolute atomic E-state index is 9.12. The van der Waals surface area contributed by atoms with Gasteiger partial charge in [-0.25, -0.2) is 0 Å². The van der Waals surface area contributed by atoms with Gasteiger partial charge in [-0.05, 0) is 38.1 Å². The number of ether oxygens (including phenoxy) is 5. The predicted molar refractivity (Wildman–Crippen MR) is 101 cm³/mol. The molecule has 2 aromatic rings. The first kappa shape index (κ1) is 21.1. The number of hydrogen-bond acceptors (Lipinski definition) is 7. The average Bonchev–Trinajstić information content (AvgIpc) is 2.65. The number of rotatable bonds is 7. The van der Waals surface area contributed by atoms with Gasteiger partial charge in [-0.2, -0.15) is 0 Å². The van der Waals surface area contributed by atoms with Gasteiger partial charge in [-0.15, -0.1) is 0 Å². The minimum atomic E-state index is 0.0657. The van der Waals surface area contributed by atoms with Crippen LogP contribution in [0.1, 0.15) is 13.8 Å². The Morgan fingerprint density at radius 2 is 1.38 bits per heavy atom. The molecule has 0 saturated heterocycles. The molecule has 0 aliphatic heterocycles. The number of nitrogens with two attached hydrogens (primary N) is 1. The molecule has 144 valence electrons. The summed E-state index contributed by atoms with van der Waals surface area (Å²) >= 11 is 0. The van der Waals surface area contributed by atoms with Gasteiger partial charge in [0.25, 0.3) is 0 Å². The van der Waals surface area contributed by atoms with E-state index in [1.165, 1.54) is 6.07 Å². The molecular weight excluding hydrogens is 338 g/mol. The smallest absolute Gasteiger partial charge is 0.207 e. The van der Waals surface area contributed by atoms with E-state index in [1.54, 1.807) is 45.6 Å². The van der Waals surface area contributed by atoms with E-state index in [1.807, 2.05) is 13.8 Å². The van der Waals surface area contributed by atoms with Gasteiger partial charge in [0.05, 0.1) is 40.2 Å². The van der Waals surface area contributed by atoms with Gasteiger partial charge in [-0.1, -0.05) is 0 Å². The molecule has 0 aliphatic carbocycles.